The summed E-state index contributed by atoms with van der Waals surface area (Å²) in [6.45, 7) is 0.408. The zero-order chi connectivity index (χ0) is 16.9. The normalized spacial score (nSPS) is 18.4. The van der Waals surface area contributed by atoms with Crippen LogP contribution in [0.3, 0.4) is 0 Å². The highest BCUT2D eigenvalue weighted by atomic mass is 32.1. The lowest BCUT2D eigenvalue weighted by Crippen LogP contribution is -2.47. The monoisotopic (exact) mass is 344 g/mol. The van der Waals surface area contributed by atoms with Gasteiger partial charge >= 0.3 is 0 Å². The van der Waals surface area contributed by atoms with E-state index in [0.29, 0.717) is 17.8 Å². The van der Waals surface area contributed by atoms with E-state index in [1.165, 1.54) is 11.3 Å². The molecule has 2 heterocycles. The SMILES string of the molecule is O=C(N[C@H](CO)c1ccccc1)[C@@H]1CCCN1C(=O)c1cccs1. The molecule has 1 aromatic heterocycles. The lowest BCUT2D eigenvalue weighted by atomic mass is 10.1. The second-order valence-electron chi connectivity index (χ2n) is 5.79. The number of hydrogen-bond acceptors (Lipinski definition) is 4. The first-order valence-electron chi connectivity index (χ1n) is 8.01. The van der Waals surface area contributed by atoms with E-state index in [2.05, 4.69) is 5.32 Å². The highest BCUT2D eigenvalue weighted by molar-refractivity contribution is 7.12. The quantitative estimate of drug-likeness (QED) is 0.874. The van der Waals surface area contributed by atoms with Crippen LogP contribution in [0, 0.1) is 0 Å². The van der Waals surface area contributed by atoms with Crippen molar-refractivity contribution in [2.45, 2.75) is 24.9 Å². The molecule has 1 aliphatic heterocycles. The van der Waals surface area contributed by atoms with Gasteiger partial charge in [-0.3, -0.25) is 9.59 Å². The Balaban J connectivity index is 1.70. The van der Waals surface area contributed by atoms with Crippen LogP contribution < -0.4 is 5.32 Å². The number of aliphatic hydroxyl groups excluding tert-OH is 1. The van der Waals surface area contributed by atoms with Crippen molar-refractivity contribution in [3.8, 4) is 0 Å². The van der Waals surface area contributed by atoms with Gasteiger partial charge in [-0.05, 0) is 29.9 Å². The van der Waals surface area contributed by atoms with Crippen LogP contribution in [0.15, 0.2) is 47.8 Å². The summed E-state index contributed by atoms with van der Waals surface area (Å²) < 4.78 is 0. The first kappa shape index (κ1) is 16.7. The van der Waals surface area contributed by atoms with Gasteiger partial charge in [0.15, 0.2) is 0 Å². The molecule has 2 N–H and O–H groups in total. The third-order valence-corrected chi connectivity index (χ3v) is 5.11. The second-order valence-corrected chi connectivity index (χ2v) is 6.74. The van der Waals surface area contributed by atoms with Gasteiger partial charge in [-0.2, -0.15) is 0 Å². The molecule has 1 aromatic carbocycles. The summed E-state index contributed by atoms with van der Waals surface area (Å²) in [6, 6.07) is 12.0. The molecule has 126 valence electrons. The van der Waals surface area contributed by atoms with E-state index in [1.807, 2.05) is 41.8 Å². The Morgan fingerprint density at radius 1 is 1.25 bits per heavy atom. The maximum atomic E-state index is 12.7. The number of thiophene rings is 1. The number of nitrogens with one attached hydrogen (secondary N) is 1. The van der Waals surface area contributed by atoms with Crippen LogP contribution >= 0.6 is 11.3 Å². The van der Waals surface area contributed by atoms with Gasteiger partial charge in [0, 0.05) is 6.54 Å². The lowest BCUT2D eigenvalue weighted by Gasteiger charge is -2.26. The van der Waals surface area contributed by atoms with E-state index in [4.69, 9.17) is 0 Å². The Kier molecular flexibility index (Phi) is 5.27. The van der Waals surface area contributed by atoms with Crippen molar-refractivity contribution >= 4 is 23.2 Å². The number of carbonyl (C=O) groups is 2. The average Bonchev–Trinajstić information content (AvgIpc) is 3.31. The molecule has 0 radical (unpaired) electrons. The van der Waals surface area contributed by atoms with Crippen molar-refractivity contribution in [1.29, 1.82) is 0 Å². The summed E-state index contributed by atoms with van der Waals surface area (Å²) in [4.78, 5) is 27.5. The number of likely N-dealkylation sites (tertiary alicyclic amines) is 1. The molecule has 5 nitrogen and oxygen atoms in total. The Bertz CT molecular complexity index is 688. The van der Waals surface area contributed by atoms with Crippen molar-refractivity contribution in [2.24, 2.45) is 0 Å². The largest absolute Gasteiger partial charge is 0.394 e. The number of carbonyl (C=O) groups excluding carboxylic acids is 2. The zero-order valence-electron chi connectivity index (χ0n) is 13.2. The van der Waals surface area contributed by atoms with Crippen molar-refractivity contribution in [2.75, 3.05) is 13.2 Å². The summed E-state index contributed by atoms with van der Waals surface area (Å²) in [6.07, 6.45) is 1.46. The van der Waals surface area contributed by atoms with Crippen LogP contribution in [0.4, 0.5) is 0 Å². The minimum absolute atomic E-state index is 0.0945. The van der Waals surface area contributed by atoms with E-state index in [-0.39, 0.29) is 18.4 Å². The molecule has 24 heavy (non-hydrogen) atoms. The van der Waals surface area contributed by atoms with Gasteiger partial charge in [-0.15, -0.1) is 11.3 Å². The molecule has 6 heteroatoms. The summed E-state index contributed by atoms with van der Waals surface area (Å²) >= 11 is 1.38. The number of hydrogen-bond donors (Lipinski definition) is 2. The van der Waals surface area contributed by atoms with Gasteiger partial charge in [0.2, 0.25) is 5.91 Å². The van der Waals surface area contributed by atoms with Gasteiger partial charge < -0.3 is 15.3 Å². The number of amides is 2. The van der Waals surface area contributed by atoms with Crippen molar-refractivity contribution in [3.05, 3.63) is 58.3 Å². The minimum Gasteiger partial charge on any atom is -0.394 e. The van der Waals surface area contributed by atoms with E-state index < -0.39 is 12.1 Å². The average molecular weight is 344 g/mol. The molecule has 1 aliphatic rings. The fraction of sp³-hybridized carbons (Fsp3) is 0.333. The summed E-state index contributed by atoms with van der Waals surface area (Å²) in [5.41, 5.74) is 0.850. The highest BCUT2D eigenvalue weighted by Crippen LogP contribution is 2.23. The topological polar surface area (TPSA) is 69.6 Å². The number of nitrogens with zero attached hydrogens (tertiary/aromatic N) is 1. The van der Waals surface area contributed by atoms with Gasteiger partial charge in [-0.1, -0.05) is 36.4 Å². The Morgan fingerprint density at radius 3 is 2.71 bits per heavy atom. The molecule has 2 aromatic rings. The molecule has 0 spiro atoms. The van der Waals surface area contributed by atoms with E-state index in [0.717, 1.165) is 12.0 Å². The molecule has 3 rings (SSSR count). The molecule has 1 saturated heterocycles. The molecule has 0 saturated carbocycles. The lowest BCUT2D eigenvalue weighted by molar-refractivity contribution is -0.125. The van der Waals surface area contributed by atoms with Gasteiger partial charge in [0.25, 0.3) is 5.91 Å². The predicted octanol–water partition coefficient (Wildman–Crippen LogP) is 2.20. The number of aliphatic hydroxyl groups is 1. The first-order valence-corrected chi connectivity index (χ1v) is 8.89. The standard InChI is InChI=1S/C18H20N2O3S/c21-12-14(13-6-2-1-3-7-13)19-17(22)15-8-4-10-20(15)18(23)16-9-5-11-24-16/h1-3,5-7,9,11,14-15,21H,4,8,10,12H2,(H,19,22)/t14-,15+/m1/s1. The third-order valence-electron chi connectivity index (χ3n) is 4.25. The fourth-order valence-electron chi connectivity index (χ4n) is 3.01. The Labute approximate surface area is 144 Å². The third kappa shape index (κ3) is 3.49. The van der Waals surface area contributed by atoms with E-state index in [1.54, 1.807) is 11.0 Å². The molecule has 2 atom stereocenters. The maximum absolute atomic E-state index is 12.7. The highest BCUT2D eigenvalue weighted by Gasteiger charge is 2.35. The molecular formula is C18H20N2O3S. The number of benzene rings is 1. The van der Waals surface area contributed by atoms with Crippen molar-refractivity contribution in [1.82, 2.24) is 10.2 Å². The minimum atomic E-state index is -0.475. The summed E-state index contributed by atoms with van der Waals surface area (Å²) in [5.74, 6) is -0.303. The molecule has 1 fully saturated rings. The zero-order valence-corrected chi connectivity index (χ0v) is 14.0. The second kappa shape index (κ2) is 7.59. The fourth-order valence-corrected chi connectivity index (χ4v) is 3.69. The first-order chi connectivity index (χ1) is 11.7. The van der Waals surface area contributed by atoms with E-state index >= 15 is 0 Å². The Hall–Kier alpha value is -2.18. The van der Waals surface area contributed by atoms with Crippen LogP contribution in [-0.2, 0) is 4.79 Å². The van der Waals surface area contributed by atoms with Crippen LogP contribution in [0.1, 0.15) is 34.1 Å². The van der Waals surface area contributed by atoms with Crippen LogP contribution in [-0.4, -0.2) is 41.0 Å². The molecule has 0 unspecified atom stereocenters. The van der Waals surface area contributed by atoms with Crippen LogP contribution in [0.5, 0.6) is 0 Å². The van der Waals surface area contributed by atoms with Crippen molar-refractivity contribution in [3.63, 3.8) is 0 Å². The van der Waals surface area contributed by atoms with Crippen LogP contribution in [0.2, 0.25) is 0 Å². The molecule has 0 aliphatic carbocycles. The van der Waals surface area contributed by atoms with Crippen LogP contribution in [0.25, 0.3) is 0 Å². The number of rotatable bonds is 5. The molecule has 2 amide bonds. The summed E-state index contributed by atoms with van der Waals surface area (Å²) in [5, 5.41) is 14.3. The predicted molar refractivity (Wildman–Crippen MR) is 92.8 cm³/mol. The summed E-state index contributed by atoms with van der Waals surface area (Å²) in [7, 11) is 0. The van der Waals surface area contributed by atoms with Gasteiger partial charge in [0.05, 0.1) is 17.5 Å². The Morgan fingerprint density at radius 2 is 2.04 bits per heavy atom. The smallest absolute Gasteiger partial charge is 0.264 e. The van der Waals surface area contributed by atoms with Gasteiger partial charge in [-0.25, -0.2) is 0 Å². The molecule has 0 bridgehead atoms. The van der Waals surface area contributed by atoms with Crippen molar-refractivity contribution < 1.29 is 14.7 Å². The van der Waals surface area contributed by atoms with Gasteiger partial charge in [0.1, 0.15) is 6.04 Å². The molecular weight excluding hydrogens is 324 g/mol. The maximum Gasteiger partial charge on any atom is 0.264 e. The van der Waals surface area contributed by atoms with E-state index in [9.17, 15) is 14.7 Å².